The van der Waals surface area contributed by atoms with Crippen molar-refractivity contribution in [3.63, 3.8) is 0 Å². The highest BCUT2D eigenvalue weighted by Crippen LogP contribution is 2.16. The molecule has 0 amide bonds. The number of ether oxygens (including phenoxy) is 1. The van der Waals surface area contributed by atoms with Gasteiger partial charge in [-0.15, -0.1) is 0 Å². The molecule has 106 valence electrons. The van der Waals surface area contributed by atoms with Crippen molar-refractivity contribution < 1.29 is 4.74 Å². The number of guanidine groups is 1. The predicted octanol–water partition coefficient (Wildman–Crippen LogP) is 0.802. The Bertz CT molecular complexity index is 260. The van der Waals surface area contributed by atoms with E-state index in [1.807, 2.05) is 0 Å². The monoisotopic (exact) mass is 256 g/mol. The fourth-order valence-electron chi connectivity index (χ4n) is 2.00. The predicted molar refractivity (Wildman–Crippen MR) is 75.9 cm³/mol. The number of rotatable bonds is 6. The van der Waals surface area contributed by atoms with E-state index in [0.29, 0.717) is 5.96 Å². The summed E-state index contributed by atoms with van der Waals surface area (Å²) in [5.74, 6) is 0.560. The van der Waals surface area contributed by atoms with Gasteiger partial charge in [-0.3, -0.25) is 9.89 Å². The molecule has 18 heavy (non-hydrogen) atoms. The molecule has 0 saturated carbocycles. The molecule has 1 saturated heterocycles. The van der Waals surface area contributed by atoms with E-state index in [4.69, 9.17) is 10.5 Å². The fraction of sp³-hybridized carbons (Fsp3) is 0.923. The van der Waals surface area contributed by atoms with Crippen molar-refractivity contribution in [1.82, 2.24) is 10.2 Å². The van der Waals surface area contributed by atoms with Crippen LogP contribution < -0.4 is 11.1 Å². The van der Waals surface area contributed by atoms with Crippen molar-refractivity contribution >= 4 is 5.96 Å². The van der Waals surface area contributed by atoms with Crippen LogP contribution in [0.1, 0.15) is 33.6 Å². The van der Waals surface area contributed by atoms with Crippen LogP contribution in [0.2, 0.25) is 0 Å². The lowest BCUT2D eigenvalue weighted by Gasteiger charge is -2.39. The normalized spacial score (nSPS) is 18.9. The van der Waals surface area contributed by atoms with Crippen molar-refractivity contribution in [2.75, 3.05) is 39.4 Å². The Morgan fingerprint density at radius 1 is 1.39 bits per heavy atom. The van der Waals surface area contributed by atoms with Crippen LogP contribution in [0.4, 0.5) is 0 Å². The maximum absolute atomic E-state index is 5.85. The van der Waals surface area contributed by atoms with E-state index in [2.05, 4.69) is 36.0 Å². The Kier molecular flexibility index (Phi) is 6.43. The minimum Gasteiger partial charge on any atom is -0.379 e. The Morgan fingerprint density at radius 2 is 2.06 bits per heavy atom. The molecule has 1 heterocycles. The van der Waals surface area contributed by atoms with Gasteiger partial charge in [-0.1, -0.05) is 13.3 Å². The van der Waals surface area contributed by atoms with Crippen LogP contribution in [0, 0.1) is 0 Å². The number of unbranched alkanes of at least 4 members (excludes halogenated alkanes) is 1. The molecule has 0 bridgehead atoms. The second-order valence-electron chi connectivity index (χ2n) is 5.39. The molecule has 1 aliphatic rings. The number of hydrogen-bond acceptors (Lipinski definition) is 3. The lowest BCUT2D eigenvalue weighted by atomic mass is 10.0. The van der Waals surface area contributed by atoms with Gasteiger partial charge in [-0.05, 0) is 20.3 Å². The van der Waals surface area contributed by atoms with E-state index in [1.54, 1.807) is 0 Å². The van der Waals surface area contributed by atoms with Gasteiger partial charge in [0, 0.05) is 25.2 Å². The maximum Gasteiger partial charge on any atom is 0.188 e. The number of morpholine rings is 1. The molecule has 0 aromatic heterocycles. The lowest BCUT2D eigenvalue weighted by Crippen LogP contribution is -2.52. The molecule has 0 atom stereocenters. The van der Waals surface area contributed by atoms with Gasteiger partial charge in [0.2, 0.25) is 0 Å². The minimum absolute atomic E-state index is 0.0425. The summed E-state index contributed by atoms with van der Waals surface area (Å²) >= 11 is 0. The zero-order chi connectivity index (χ0) is 13.4. The third kappa shape index (κ3) is 5.23. The number of aliphatic imine (C=N–C) groups is 1. The van der Waals surface area contributed by atoms with Crippen LogP contribution >= 0.6 is 0 Å². The fourth-order valence-corrected chi connectivity index (χ4v) is 2.00. The molecule has 1 aliphatic heterocycles. The zero-order valence-corrected chi connectivity index (χ0v) is 12.0. The van der Waals surface area contributed by atoms with Gasteiger partial charge in [0.05, 0.1) is 19.8 Å². The summed E-state index contributed by atoms with van der Waals surface area (Å²) in [5.41, 5.74) is 5.89. The van der Waals surface area contributed by atoms with Crippen molar-refractivity contribution in [1.29, 1.82) is 0 Å². The summed E-state index contributed by atoms with van der Waals surface area (Å²) in [5, 5.41) is 3.14. The van der Waals surface area contributed by atoms with Gasteiger partial charge in [-0.25, -0.2) is 0 Å². The van der Waals surface area contributed by atoms with Crippen LogP contribution in [0.3, 0.4) is 0 Å². The second kappa shape index (κ2) is 7.59. The van der Waals surface area contributed by atoms with Crippen LogP contribution in [-0.2, 0) is 4.74 Å². The Hall–Kier alpha value is -0.810. The average molecular weight is 256 g/mol. The average Bonchev–Trinajstić information content (AvgIpc) is 2.38. The Labute approximate surface area is 111 Å². The molecule has 1 fully saturated rings. The quantitative estimate of drug-likeness (QED) is 0.419. The molecule has 0 aliphatic carbocycles. The summed E-state index contributed by atoms with van der Waals surface area (Å²) in [7, 11) is 0. The molecule has 0 aromatic rings. The van der Waals surface area contributed by atoms with E-state index in [1.165, 1.54) is 6.42 Å². The summed E-state index contributed by atoms with van der Waals surface area (Å²) in [6.45, 7) is 11.8. The van der Waals surface area contributed by atoms with Crippen LogP contribution in [0.5, 0.6) is 0 Å². The van der Waals surface area contributed by atoms with Crippen LogP contribution in [0.25, 0.3) is 0 Å². The SMILES string of the molecule is CCCCNC(N)=NCC(C)(C)N1CCOCC1. The van der Waals surface area contributed by atoms with Gasteiger partial charge in [-0.2, -0.15) is 0 Å². The first kappa shape index (κ1) is 15.2. The molecule has 5 nitrogen and oxygen atoms in total. The first-order valence-electron chi connectivity index (χ1n) is 6.93. The molecular formula is C13H28N4O. The first-order valence-corrected chi connectivity index (χ1v) is 6.93. The van der Waals surface area contributed by atoms with Gasteiger partial charge in [0.25, 0.3) is 0 Å². The number of nitrogens with zero attached hydrogens (tertiary/aromatic N) is 2. The molecular weight excluding hydrogens is 228 g/mol. The molecule has 5 heteroatoms. The van der Waals surface area contributed by atoms with E-state index in [-0.39, 0.29) is 5.54 Å². The number of nitrogens with one attached hydrogen (secondary N) is 1. The Balaban J connectivity index is 2.36. The zero-order valence-electron chi connectivity index (χ0n) is 12.0. The second-order valence-corrected chi connectivity index (χ2v) is 5.39. The molecule has 0 spiro atoms. The maximum atomic E-state index is 5.85. The lowest BCUT2D eigenvalue weighted by molar-refractivity contribution is -0.00682. The molecule has 0 unspecified atom stereocenters. The molecule has 0 aromatic carbocycles. The molecule has 3 N–H and O–H groups in total. The van der Waals surface area contributed by atoms with Crippen LogP contribution in [-0.4, -0.2) is 55.8 Å². The summed E-state index contributed by atoms with van der Waals surface area (Å²) in [6, 6.07) is 0. The van der Waals surface area contributed by atoms with Crippen molar-refractivity contribution in [2.45, 2.75) is 39.2 Å². The van der Waals surface area contributed by atoms with E-state index in [0.717, 1.165) is 45.8 Å². The van der Waals surface area contributed by atoms with Crippen molar-refractivity contribution in [2.24, 2.45) is 10.7 Å². The molecule has 1 rings (SSSR count). The summed E-state index contributed by atoms with van der Waals surface area (Å²) in [4.78, 5) is 6.86. The molecule has 0 radical (unpaired) electrons. The third-order valence-electron chi connectivity index (χ3n) is 3.34. The van der Waals surface area contributed by atoms with E-state index < -0.39 is 0 Å². The Morgan fingerprint density at radius 3 is 2.67 bits per heavy atom. The van der Waals surface area contributed by atoms with Crippen molar-refractivity contribution in [3.8, 4) is 0 Å². The minimum atomic E-state index is 0.0425. The summed E-state index contributed by atoms with van der Waals surface area (Å²) in [6.07, 6.45) is 2.29. The number of hydrogen-bond donors (Lipinski definition) is 2. The van der Waals surface area contributed by atoms with Gasteiger partial charge < -0.3 is 15.8 Å². The van der Waals surface area contributed by atoms with Gasteiger partial charge >= 0.3 is 0 Å². The van der Waals surface area contributed by atoms with E-state index >= 15 is 0 Å². The van der Waals surface area contributed by atoms with Gasteiger partial charge in [0.15, 0.2) is 5.96 Å². The summed E-state index contributed by atoms with van der Waals surface area (Å²) < 4.78 is 5.37. The van der Waals surface area contributed by atoms with E-state index in [9.17, 15) is 0 Å². The van der Waals surface area contributed by atoms with Crippen LogP contribution in [0.15, 0.2) is 4.99 Å². The number of nitrogens with two attached hydrogens (primary N) is 1. The smallest absolute Gasteiger partial charge is 0.188 e. The van der Waals surface area contributed by atoms with Crippen molar-refractivity contribution in [3.05, 3.63) is 0 Å². The standard InChI is InChI=1S/C13H28N4O/c1-4-5-6-15-12(14)16-11-13(2,3)17-7-9-18-10-8-17/h4-11H2,1-3H3,(H3,14,15,16). The highest BCUT2D eigenvalue weighted by molar-refractivity contribution is 5.77. The highest BCUT2D eigenvalue weighted by atomic mass is 16.5. The largest absolute Gasteiger partial charge is 0.379 e. The highest BCUT2D eigenvalue weighted by Gasteiger charge is 2.27. The van der Waals surface area contributed by atoms with Gasteiger partial charge in [0.1, 0.15) is 0 Å². The first-order chi connectivity index (χ1) is 8.56. The topological polar surface area (TPSA) is 62.9 Å². The third-order valence-corrected chi connectivity index (χ3v) is 3.34.